The monoisotopic (exact) mass is 317 g/mol. The fraction of sp³-hybridized carbons (Fsp3) is 0.312. The first-order chi connectivity index (χ1) is 10.3. The van der Waals surface area contributed by atoms with Gasteiger partial charge in [-0.15, -0.1) is 23.1 Å². The first-order valence-electron chi connectivity index (χ1n) is 7.11. The molecule has 3 rings (SSSR count). The van der Waals surface area contributed by atoms with Crippen LogP contribution in [0, 0.1) is 0 Å². The zero-order valence-electron chi connectivity index (χ0n) is 11.8. The van der Waals surface area contributed by atoms with Crippen LogP contribution in [0.2, 0.25) is 0 Å². The number of nitrogens with zero attached hydrogens (tertiary/aromatic N) is 1. The van der Waals surface area contributed by atoms with E-state index >= 15 is 0 Å². The average molecular weight is 317 g/mol. The second-order valence-corrected chi connectivity index (χ2v) is 7.12. The topological polar surface area (TPSA) is 50.4 Å². The van der Waals surface area contributed by atoms with Gasteiger partial charge in [-0.25, -0.2) is 0 Å². The fourth-order valence-corrected chi connectivity index (χ4v) is 4.36. The van der Waals surface area contributed by atoms with Gasteiger partial charge in [0.1, 0.15) is 0 Å². The van der Waals surface area contributed by atoms with E-state index in [1.807, 2.05) is 11.8 Å². The van der Waals surface area contributed by atoms with Crippen LogP contribution in [0.15, 0.2) is 51.7 Å². The minimum Gasteiger partial charge on any atom is -0.370 e. The summed E-state index contributed by atoms with van der Waals surface area (Å²) in [5, 5.41) is 5.30. The summed E-state index contributed by atoms with van der Waals surface area (Å²) < 4.78 is 0. The van der Waals surface area contributed by atoms with Crippen LogP contribution in [-0.2, 0) is 6.42 Å². The zero-order valence-corrected chi connectivity index (χ0v) is 13.4. The first kappa shape index (κ1) is 14.5. The SMILES string of the molecule is NC(=NCC1CSc2ccccc21)NCCc1cccs1. The average Bonchev–Trinajstić information content (AvgIpc) is 3.14. The van der Waals surface area contributed by atoms with Gasteiger partial charge in [-0.05, 0) is 29.5 Å². The van der Waals surface area contributed by atoms with E-state index in [0.29, 0.717) is 11.9 Å². The smallest absolute Gasteiger partial charge is 0.188 e. The molecule has 0 radical (unpaired) electrons. The summed E-state index contributed by atoms with van der Waals surface area (Å²) in [6, 6.07) is 12.8. The summed E-state index contributed by atoms with van der Waals surface area (Å²) in [4.78, 5) is 7.26. The molecule has 1 aliphatic heterocycles. The van der Waals surface area contributed by atoms with Crippen molar-refractivity contribution in [1.29, 1.82) is 0 Å². The Kier molecular flexibility index (Phi) is 4.83. The standard InChI is InChI=1S/C16H19N3S2/c17-16(18-8-7-13-4-3-9-20-13)19-10-12-11-21-15-6-2-1-5-14(12)15/h1-6,9,12H,7-8,10-11H2,(H3,17,18,19). The molecule has 0 saturated heterocycles. The quantitative estimate of drug-likeness (QED) is 0.658. The normalized spacial score (nSPS) is 17.7. The number of guanidine groups is 1. The molecule has 0 fully saturated rings. The molecule has 0 aliphatic carbocycles. The lowest BCUT2D eigenvalue weighted by Gasteiger charge is -2.09. The highest BCUT2D eigenvalue weighted by Gasteiger charge is 2.22. The van der Waals surface area contributed by atoms with Crippen LogP contribution in [0.5, 0.6) is 0 Å². The molecule has 3 nitrogen and oxygen atoms in total. The van der Waals surface area contributed by atoms with Gasteiger partial charge in [-0.3, -0.25) is 4.99 Å². The molecular formula is C16H19N3S2. The molecule has 2 aromatic rings. The van der Waals surface area contributed by atoms with Gasteiger partial charge < -0.3 is 11.1 Å². The molecule has 0 bridgehead atoms. The Bertz CT molecular complexity index is 608. The summed E-state index contributed by atoms with van der Waals surface area (Å²) in [6.07, 6.45) is 0.996. The van der Waals surface area contributed by atoms with Crippen LogP contribution < -0.4 is 11.1 Å². The van der Waals surface area contributed by atoms with Gasteiger partial charge in [0.2, 0.25) is 0 Å². The molecule has 5 heteroatoms. The van der Waals surface area contributed by atoms with Crippen LogP contribution in [0.3, 0.4) is 0 Å². The van der Waals surface area contributed by atoms with Crippen molar-refractivity contribution in [3.63, 3.8) is 0 Å². The van der Waals surface area contributed by atoms with Crippen LogP contribution in [0.25, 0.3) is 0 Å². The summed E-state index contributed by atoms with van der Waals surface area (Å²) in [7, 11) is 0. The molecule has 1 unspecified atom stereocenters. The van der Waals surface area contributed by atoms with Crippen molar-refractivity contribution in [2.24, 2.45) is 10.7 Å². The Morgan fingerprint density at radius 3 is 3.05 bits per heavy atom. The van der Waals surface area contributed by atoms with Crippen molar-refractivity contribution in [3.8, 4) is 0 Å². The first-order valence-corrected chi connectivity index (χ1v) is 8.97. The summed E-state index contributed by atoms with van der Waals surface area (Å²) in [6.45, 7) is 1.60. The predicted octanol–water partition coefficient (Wildman–Crippen LogP) is 3.08. The van der Waals surface area contributed by atoms with E-state index in [-0.39, 0.29) is 0 Å². The van der Waals surface area contributed by atoms with Gasteiger partial charge in [0.05, 0.1) is 6.54 Å². The number of fused-ring (bicyclic) bond motifs is 1. The summed E-state index contributed by atoms with van der Waals surface area (Å²) >= 11 is 3.69. The largest absolute Gasteiger partial charge is 0.370 e. The Morgan fingerprint density at radius 1 is 1.29 bits per heavy atom. The minimum atomic E-state index is 0.490. The molecule has 1 aromatic heterocycles. The Hall–Kier alpha value is -1.46. The molecule has 110 valence electrons. The molecule has 2 heterocycles. The van der Waals surface area contributed by atoms with Crippen molar-refractivity contribution >= 4 is 29.1 Å². The van der Waals surface area contributed by atoms with Crippen molar-refractivity contribution in [1.82, 2.24) is 5.32 Å². The van der Waals surface area contributed by atoms with Gasteiger partial charge in [-0.1, -0.05) is 24.3 Å². The molecule has 3 N–H and O–H groups in total. The molecule has 1 aromatic carbocycles. The highest BCUT2D eigenvalue weighted by molar-refractivity contribution is 7.99. The third-order valence-electron chi connectivity index (χ3n) is 3.54. The van der Waals surface area contributed by atoms with E-state index in [1.165, 1.54) is 15.3 Å². The van der Waals surface area contributed by atoms with Crippen molar-refractivity contribution in [3.05, 3.63) is 52.2 Å². The predicted molar refractivity (Wildman–Crippen MR) is 92.4 cm³/mol. The molecule has 0 saturated carbocycles. The van der Waals surface area contributed by atoms with Crippen molar-refractivity contribution in [2.45, 2.75) is 17.2 Å². The van der Waals surface area contributed by atoms with E-state index in [0.717, 1.165) is 25.3 Å². The van der Waals surface area contributed by atoms with Crippen molar-refractivity contribution < 1.29 is 0 Å². The molecule has 1 atom stereocenters. The number of thiophene rings is 1. The van der Waals surface area contributed by atoms with Gasteiger partial charge in [0, 0.05) is 28.0 Å². The van der Waals surface area contributed by atoms with E-state index in [9.17, 15) is 0 Å². The highest BCUT2D eigenvalue weighted by Crippen LogP contribution is 2.39. The maximum atomic E-state index is 5.95. The van der Waals surface area contributed by atoms with Gasteiger partial charge in [0.15, 0.2) is 5.96 Å². The lowest BCUT2D eigenvalue weighted by atomic mass is 10.0. The number of hydrogen-bond acceptors (Lipinski definition) is 3. The van der Waals surface area contributed by atoms with Crippen LogP contribution in [0.1, 0.15) is 16.4 Å². The minimum absolute atomic E-state index is 0.490. The van der Waals surface area contributed by atoms with Crippen LogP contribution in [0.4, 0.5) is 0 Å². The molecule has 0 amide bonds. The lowest BCUT2D eigenvalue weighted by molar-refractivity contribution is 0.774. The lowest BCUT2D eigenvalue weighted by Crippen LogP contribution is -2.33. The van der Waals surface area contributed by atoms with Gasteiger partial charge >= 0.3 is 0 Å². The number of hydrogen-bond donors (Lipinski definition) is 2. The van der Waals surface area contributed by atoms with Gasteiger partial charge in [0.25, 0.3) is 0 Å². The number of thioether (sulfide) groups is 1. The Morgan fingerprint density at radius 2 is 2.19 bits per heavy atom. The van der Waals surface area contributed by atoms with Crippen molar-refractivity contribution in [2.75, 3.05) is 18.8 Å². The van der Waals surface area contributed by atoms with Crippen LogP contribution in [-0.4, -0.2) is 24.8 Å². The molecule has 1 aliphatic rings. The van der Waals surface area contributed by atoms with Crippen LogP contribution >= 0.6 is 23.1 Å². The van der Waals surface area contributed by atoms with E-state index < -0.39 is 0 Å². The highest BCUT2D eigenvalue weighted by atomic mass is 32.2. The fourth-order valence-electron chi connectivity index (χ4n) is 2.41. The zero-order chi connectivity index (χ0) is 14.5. The third kappa shape index (κ3) is 3.80. The molecule has 0 spiro atoms. The van der Waals surface area contributed by atoms with Gasteiger partial charge in [-0.2, -0.15) is 0 Å². The second kappa shape index (κ2) is 7.00. The van der Waals surface area contributed by atoms with E-state index in [2.05, 4.69) is 52.1 Å². The number of benzene rings is 1. The molecule has 21 heavy (non-hydrogen) atoms. The Balaban J connectivity index is 1.47. The molecular weight excluding hydrogens is 298 g/mol. The Labute approximate surface area is 133 Å². The number of rotatable bonds is 5. The van der Waals surface area contributed by atoms with E-state index in [4.69, 9.17) is 5.73 Å². The maximum absolute atomic E-state index is 5.95. The third-order valence-corrected chi connectivity index (χ3v) is 5.73. The number of nitrogens with two attached hydrogens (primary N) is 1. The van der Waals surface area contributed by atoms with E-state index in [1.54, 1.807) is 11.3 Å². The summed E-state index contributed by atoms with van der Waals surface area (Å²) in [5.41, 5.74) is 7.36. The summed E-state index contributed by atoms with van der Waals surface area (Å²) in [5.74, 6) is 2.15. The number of aliphatic imine (C=N–C) groups is 1. The second-order valence-electron chi connectivity index (χ2n) is 5.03. The maximum Gasteiger partial charge on any atom is 0.188 e. The number of nitrogens with one attached hydrogen (secondary N) is 1.